The molecule has 30 heavy (non-hydrogen) atoms. The first-order valence-electron chi connectivity index (χ1n) is 10.4. The van der Waals surface area contributed by atoms with Gasteiger partial charge in [-0.2, -0.15) is 0 Å². The van der Waals surface area contributed by atoms with Crippen molar-refractivity contribution in [2.45, 2.75) is 25.9 Å². The Bertz CT molecular complexity index is 855. The zero-order chi connectivity index (χ0) is 20.9. The fraction of sp³-hybridized carbons (Fsp3) is 0.524. The van der Waals surface area contributed by atoms with Crippen LogP contribution in [-0.4, -0.2) is 69.8 Å². The lowest BCUT2D eigenvalue weighted by Crippen LogP contribution is -2.51. The molecule has 2 aromatic rings. The van der Waals surface area contributed by atoms with E-state index in [2.05, 4.69) is 14.8 Å². The van der Waals surface area contributed by atoms with Crippen LogP contribution in [0.5, 0.6) is 0 Å². The number of furan rings is 1. The summed E-state index contributed by atoms with van der Waals surface area (Å²) in [4.78, 5) is 33.8. The molecular weight excluding hydrogens is 386 g/mol. The zero-order valence-electron chi connectivity index (χ0n) is 17.0. The normalized spacial score (nSPS) is 19.1. The van der Waals surface area contributed by atoms with E-state index in [1.54, 1.807) is 6.07 Å². The van der Waals surface area contributed by atoms with Crippen LogP contribution in [-0.2, 0) is 17.9 Å². The quantitative estimate of drug-likeness (QED) is 0.529. The molecule has 0 aliphatic carbocycles. The van der Waals surface area contributed by atoms with E-state index in [0.29, 0.717) is 25.4 Å². The van der Waals surface area contributed by atoms with E-state index >= 15 is 0 Å². The van der Waals surface area contributed by atoms with Gasteiger partial charge in [0.15, 0.2) is 0 Å². The van der Waals surface area contributed by atoms with Crippen molar-refractivity contribution in [3.8, 4) is 0 Å². The summed E-state index contributed by atoms with van der Waals surface area (Å²) in [5, 5.41) is 10.7. The highest BCUT2D eigenvalue weighted by Crippen LogP contribution is 2.23. The van der Waals surface area contributed by atoms with Crippen molar-refractivity contribution in [2.24, 2.45) is 5.92 Å². The maximum absolute atomic E-state index is 12.9. The minimum Gasteiger partial charge on any atom is -0.404 e. The van der Waals surface area contributed by atoms with Gasteiger partial charge in [0.1, 0.15) is 10.7 Å². The van der Waals surface area contributed by atoms with Crippen LogP contribution in [0.1, 0.15) is 24.2 Å². The second-order valence-electron chi connectivity index (χ2n) is 8.00. The third kappa shape index (κ3) is 5.03. The monoisotopic (exact) mass is 413 g/mol. The number of hydrogen-bond acceptors (Lipinski definition) is 7. The van der Waals surface area contributed by atoms with Gasteiger partial charge in [-0.3, -0.25) is 29.7 Å². The molecule has 1 amide bonds. The molecule has 0 saturated carbocycles. The number of nitro groups is 1. The largest absolute Gasteiger partial charge is 0.433 e. The first kappa shape index (κ1) is 20.5. The highest BCUT2D eigenvalue weighted by atomic mass is 16.6. The molecule has 0 bridgehead atoms. The number of pyridine rings is 1. The Kier molecular flexibility index (Phi) is 6.39. The van der Waals surface area contributed by atoms with Crippen LogP contribution >= 0.6 is 0 Å². The summed E-state index contributed by atoms with van der Waals surface area (Å²) < 4.78 is 5.24. The first-order valence-corrected chi connectivity index (χ1v) is 10.4. The molecule has 9 heteroatoms. The molecule has 4 heterocycles. The maximum atomic E-state index is 12.9. The van der Waals surface area contributed by atoms with Crippen LogP contribution in [0.2, 0.25) is 0 Å². The number of likely N-dealkylation sites (tertiary alicyclic amines) is 1. The molecule has 0 atom stereocenters. The lowest BCUT2D eigenvalue weighted by Gasteiger charge is -2.38. The van der Waals surface area contributed by atoms with Crippen molar-refractivity contribution in [3.63, 3.8) is 0 Å². The van der Waals surface area contributed by atoms with Crippen LogP contribution in [0, 0.1) is 16.0 Å². The predicted octanol–water partition coefficient (Wildman–Crippen LogP) is 2.14. The average molecular weight is 413 g/mol. The van der Waals surface area contributed by atoms with Gasteiger partial charge in [-0.15, -0.1) is 0 Å². The Morgan fingerprint density at radius 2 is 1.67 bits per heavy atom. The van der Waals surface area contributed by atoms with Crippen molar-refractivity contribution < 1.29 is 14.1 Å². The van der Waals surface area contributed by atoms with E-state index in [1.807, 2.05) is 29.4 Å². The van der Waals surface area contributed by atoms with Crippen LogP contribution in [0.3, 0.4) is 0 Å². The second kappa shape index (κ2) is 9.36. The molecule has 4 rings (SSSR count). The number of nitrogens with zero attached hydrogens (tertiary/aromatic N) is 5. The molecule has 160 valence electrons. The highest BCUT2D eigenvalue weighted by Gasteiger charge is 2.30. The number of rotatable bonds is 6. The van der Waals surface area contributed by atoms with Crippen LogP contribution in [0.15, 0.2) is 41.1 Å². The fourth-order valence-electron chi connectivity index (χ4n) is 4.24. The van der Waals surface area contributed by atoms with Crippen molar-refractivity contribution in [1.82, 2.24) is 19.7 Å². The van der Waals surface area contributed by atoms with E-state index in [-0.39, 0.29) is 17.7 Å². The lowest BCUT2D eigenvalue weighted by atomic mass is 9.94. The van der Waals surface area contributed by atoms with Crippen molar-refractivity contribution in [3.05, 3.63) is 58.1 Å². The molecule has 9 nitrogen and oxygen atoms in total. The van der Waals surface area contributed by atoms with E-state index < -0.39 is 4.92 Å². The van der Waals surface area contributed by atoms with E-state index in [0.717, 1.165) is 45.6 Å². The number of hydrogen-bond donors (Lipinski definition) is 0. The van der Waals surface area contributed by atoms with Crippen LogP contribution in [0.4, 0.5) is 5.88 Å². The number of aromatic nitrogens is 1. The SMILES string of the molecule is O=C(C1CCN(Cc2ccncc2)CC1)N1CCN(Cc2ccc([N+](=O)[O-])o2)CC1. The zero-order valence-corrected chi connectivity index (χ0v) is 17.0. The molecule has 0 radical (unpaired) electrons. The third-order valence-corrected chi connectivity index (χ3v) is 5.98. The summed E-state index contributed by atoms with van der Waals surface area (Å²) in [6, 6.07) is 7.11. The number of piperazine rings is 1. The van der Waals surface area contributed by atoms with Gasteiger partial charge >= 0.3 is 5.88 Å². The van der Waals surface area contributed by atoms with Crippen LogP contribution < -0.4 is 0 Å². The van der Waals surface area contributed by atoms with Crippen molar-refractivity contribution in [1.29, 1.82) is 0 Å². The fourth-order valence-corrected chi connectivity index (χ4v) is 4.24. The predicted molar refractivity (Wildman–Crippen MR) is 109 cm³/mol. The molecule has 0 aromatic carbocycles. The molecule has 0 spiro atoms. The van der Waals surface area contributed by atoms with E-state index in [9.17, 15) is 14.9 Å². The third-order valence-electron chi connectivity index (χ3n) is 5.98. The number of amides is 1. The number of piperidine rings is 1. The van der Waals surface area contributed by atoms with Gasteiger partial charge in [0.2, 0.25) is 5.91 Å². The standard InChI is InChI=1S/C21H27N5O4/c27-21(18-5-9-23(10-6-18)15-17-3-7-22-8-4-17)25-13-11-24(12-14-25)16-19-1-2-20(30-19)26(28)29/h1-4,7-8,18H,5-6,9-16H2. The molecule has 2 aromatic heterocycles. The van der Waals surface area contributed by atoms with Crippen molar-refractivity contribution >= 4 is 11.8 Å². The van der Waals surface area contributed by atoms with E-state index in [1.165, 1.54) is 11.6 Å². The Balaban J connectivity index is 1.20. The van der Waals surface area contributed by atoms with Gasteiger partial charge < -0.3 is 9.32 Å². The lowest BCUT2D eigenvalue weighted by molar-refractivity contribution is -0.402. The summed E-state index contributed by atoms with van der Waals surface area (Å²) in [7, 11) is 0. The van der Waals surface area contributed by atoms with Crippen LogP contribution in [0.25, 0.3) is 0 Å². The average Bonchev–Trinajstić information content (AvgIpc) is 3.24. The second-order valence-corrected chi connectivity index (χ2v) is 8.00. The summed E-state index contributed by atoms with van der Waals surface area (Å²) in [6.45, 7) is 6.21. The summed E-state index contributed by atoms with van der Waals surface area (Å²) in [5.74, 6) is 0.738. The van der Waals surface area contributed by atoms with Gasteiger partial charge in [-0.05, 0) is 49.7 Å². The Hall–Kier alpha value is -2.78. The maximum Gasteiger partial charge on any atom is 0.433 e. The Morgan fingerprint density at radius 3 is 2.30 bits per heavy atom. The highest BCUT2D eigenvalue weighted by molar-refractivity contribution is 5.79. The summed E-state index contributed by atoms with van der Waals surface area (Å²) >= 11 is 0. The smallest absolute Gasteiger partial charge is 0.404 e. The van der Waals surface area contributed by atoms with Gasteiger partial charge in [-0.1, -0.05) is 0 Å². The van der Waals surface area contributed by atoms with Gasteiger partial charge in [0.05, 0.1) is 12.6 Å². The van der Waals surface area contributed by atoms with E-state index in [4.69, 9.17) is 4.42 Å². The molecule has 2 aliphatic heterocycles. The number of carbonyl (C=O) groups excluding carboxylic acids is 1. The minimum absolute atomic E-state index is 0.109. The van der Waals surface area contributed by atoms with Gasteiger partial charge in [0.25, 0.3) is 0 Å². The van der Waals surface area contributed by atoms with Gasteiger partial charge in [0, 0.05) is 51.0 Å². The Morgan fingerprint density at radius 1 is 1.00 bits per heavy atom. The molecule has 2 saturated heterocycles. The minimum atomic E-state index is -0.525. The molecule has 0 unspecified atom stereocenters. The molecule has 2 aliphatic rings. The molecular formula is C21H27N5O4. The molecule has 0 N–H and O–H groups in total. The summed E-state index contributed by atoms with van der Waals surface area (Å²) in [5.41, 5.74) is 1.26. The van der Waals surface area contributed by atoms with Crippen molar-refractivity contribution in [2.75, 3.05) is 39.3 Å². The van der Waals surface area contributed by atoms with Gasteiger partial charge in [-0.25, -0.2) is 0 Å². The summed E-state index contributed by atoms with van der Waals surface area (Å²) in [6.07, 6.45) is 5.44. The number of carbonyl (C=O) groups is 1. The Labute approximate surface area is 175 Å². The molecule has 2 fully saturated rings. The topological polar surface area (TPSA) is 96.0 Å². The first-order chi connectivity index (χ1) is 14.6.